The van der Waals surface area contributed by atoms with Crippen molar-refractivity contribution in [2.24, 2.45) is 0 Å². The lowest BCUT2D eigenvalue weighted by molar-refractivity contribution is -0.131. The van der Waals surface area contributed by atoms with E-state index in [-0.39, 0.29) is 18.4 Å². The van der Waals surface area contributed by atoms with Crippen molar-refractivity contribution in [2.45, 2.75) is 31.7 Å². The Labute approximate surface area is 184 Å². The molecule has 2 aliphatic heterocycles. The molecule has 2 amide bonds. The van der Waals surface area contributed by atoms with Crippen LogP contribution in [0.25, 0.3) is 0 Å². The van der Waals surface area contributed by atoms with E-state index in [1.165, 1.54) is 25.9 Å². The van der Waals surface area contributed by atoms with Gasteiger partial charge < -0.3 is 14.5 Å². The number of amides is 2. The molecule has 0 N–H and O–H groups in total. The highest BCUT2D eigenvalue weighted by molar-refractivity contribution is 6.08. The van der Waals surface area contributed by atoms with E-state index < -0.39 is 0 Å². The number of ether oxygens (including phenoxy) is 1. The van der Waals surface area contributed by atoms with Gasteiger partial charge in [-0.3, -0.25) is 14.5 Å². The SMILES string of the molecule is COc1ccc(C(=O)N(CC(=O)N2CCC(N3CCCC3)CC2)c2ccccc2)cc1. The number of hydrogen-bond donors (Lipinski definition) is 0. The van der Waals surface area contributed by atoms with Gasteiger partial charge in [0.2, 0.25) is 5.91 Å². The number of nitrogens with zero attached hydrogens (tertiary/aromatic N) is 3. The van der Waals surface area contributed by atoms with Crippen molar-refractivity contribution in [1.29, 1.82) is 0 Å². The number of rotatable bonds is 6. The molecule has 31 heavy (non-hydrogen) atoms. The summed E-state index contributed by atoms with van der Waals surface area (Å²) >= 11 is 0. The molecule has 2 aromatic carbocycles. The lowest BCUT2D eigenvalue weighted by Gasteiger charge is -2.37. The molecular formula is C25H31N3O3. The molecule has 0 saturated carbocycles. The second kappa shape index (κ2) is 9.96. The summed E-state index contributed by atoms with van der Waals surface area (Å²) in [4.78, 5) is 32.5. The predicted octanol–water partition coefficient (Wildman–Crippen LogP) is 3.43. The minimum absolute atomic E-state index is 0.00517. The normalized spacial score (nSPS) is 17.5. The van der Waals surface area contributed by atoms with E-state index in [1.54, 1.807) is 36.3 Å². The Balaban J connectivity index is 1.44. The summed E-state index contributed by atoms with van der Waals surface area (Å²) in [6.07, 6.45) is 4.62. The number of para-hydroxylation sites is 1. The first-order valence-electron chi connectivity index (χ1n) is 11.2. The number of anilines is 1. The molecule has 6 heteroatoms. The summed E-state index contributed by atoms with van der Waals surface area (Å²) in [7, 11) is 1.60. The zero-order valence-electron chi connectivity index (χ0n) is 18.2. The van der Waals surface area contributed by atoms with Crippen LogP contribution < -0.4 is 9.64 Å². The number of likely N-dealkylation sites (tertiary alicyclic amines) is 2. The van der Waals surface area contributed by atoms with Crippen molar-refractivity contribution in [1.82, 2.24) is 9.80 Å². The molecule has 0 bridgehead atoms. The first-order valence-corrected chi connectivity index (χ1v) is 11.2. The molecule has 6 nitrogen and oxygen atoms in total. The Hall–Kier alpha value is -2.86. The molecule has 0 unspecified atom stereocenters. The van der Waals surface area contributed by atoms with Gasteiger partial charge in [0.25, 0.3) is 5.91 Å². The summed E-state index contributed by atoms with van der Waals surface area (Å²) in [6.45, 7) is 3.95. The minimum atomic E-state index is -0.186. The summed E-state index contributed by atoms with van der Waals surface area (Å²) in [5, 5.41) is 0. The van der Waals surface area contributed by atoms with E-state index in [1.807, 2.05) is 35.2 Å². The quantitative estimate of drug-likeness (QED) is 0.717. The Morgan fingerprint density at radius 2 is 1.58 bits per heavy atom. The van der Waals surface area contributed by atoms with Crippen molar-refractivity contribution in [2.75, 3.05) is 44.7 Å². The van der Waals surface area contributed by atoms with Gasteiger partial charge in [-0.2, -0.15) is 0 Å². The largest absolute Gasteiger partial charge is 0.497 e. The van der Waals surface area contributed by atoms with Gasteiger partial charge in [-0.1, -0.05) is 18.2 Å². The Morgan fingerprint density at radius 1 is 0.935 bits per heavy atom. The number of benzene rings is 2. The third kappa shape index (κ3) is 5.07. The third-order valence-corrected chi connectivity index (χ3v) is 6.42. The predicted molar refractivity (Wildman–Crippen MR) is 122 cm³/mol. The highest BCUT2D eigenvalue weighted by atomic mass is 16.5. The van der Waals surface area contributed by atoms with Gasteiger partial charge in [0.05, 0.1) is 7.11 Å². The molecule has 2 heterocycles. The van der Waals surface area contributed by atoms with Gasteiger partial charge in [0.15, 0.2) is 0 Å². The van der Waals surface area contributed by atoms with Gasteiger partial charge in [0, 0.05) is 30.4 Å². The van der Waals surface area contributed by atoms with Crippen molar-refractivity contribution in [3.63, 3.8) is 0 Å². The Bertz CT molecular complexity index is 871. The van der Waals surface area contributed by atoms with Crippen molar-refractivity contribution in [3.05, 3.63) is 60.2 Å². The van der Waals surface area contributed by atoms with Crippen molar-refractivity contribution in [3.8, 4) is 5.75 Å². The summed E-state index contributed by atoms with van der Waals surface area (Å²) < 4.78 is 5.19. The molecule has 0 aromatic heterocycles. The molecule has 2 saturated heterocycles. The molecule has 0 spiro atoms. The number of methoxy groups -OCH3 is 1. The van der Waals surface area contributed by atoms with Crippen molar-refractivity contribution < 1.29 is 14.3 Å². The van der Waals surface area contributed by atoms with Gasteiger partial charge in [-0.15, -0.1) is 0 Å². The van der Waals surface area contributed by atoms with Gasteiger partial charge in [-0.05, 0) is 75.2 Å². The second-order valence-electron chi connectivity index (χ2n) is 8.31. The van der Waals surface area contributed by atoms with Crippen LogP contribution in [0, 0.1) is 0 Å². The molecule has 2 aliphatic rings. The van der Waals surface area contributed by atoms with Crippen LogP contribution in [0.15, 0.2) is 54.6 Å². The topological polar surface area (TPSA) is 53.1 Å². The molecule has 0 atom stereocenters. The average molecular weight is 422 g/mol. The monoisotopic (exact) mass is 421 g/mol. The molecule has 164 valence electrons. The number of carbonyl (C=O) groups excluding carboxylic acids is 2. The summed E-state index contributed by atoms with van der Waals surface area (Å²) in [5.74, 6) is 0.513. The van der Waals surface area contributed by atoms with Crippen molar-refractivity contribution >= 4 is 17.5 Å². The van der Waals surface area contributed by atoms with Crippen LogP contribution in [-0.2, 0) is 4.79 Å². The van der Waals surface area contributed by atoms with Gasteiger partial charge in [-0.25, -0.2) is 0 Å². The van der Waals surface area contributed by atoms with Gasteiger partial charge >= 0.3 is 0 Å². The highest BCUT2D eigenvalue weighted by Gasteiger charge is 2.30. The average Bonchev–Trinajstić information content (AvgIpc) is 3.38. The first-order chi connectivity index (χ1) is 15.2. The van der Waals surface area contributed by atoms with Crippen LogP contribution in [0.2, 0.25) is 0 Å². The van der Waals surface area contributed by atoms with Crippen LogP contribution in [0.5, 0.6) is 5.75 Å². The van der Waals surface area contributed by atoms with Crippen LogP contribution in [0.3, 0.4) is 0 Å². The van der Waals surface area contributed by atoms with E-state index in [0.29, 0.717) is 17.4 Å². The van der Waals surface area contributed by atoms with Crippen LogP contribution in [-0.4, -0.2) is 67.5 Å². The standard InChI is InChI=1S/C25H31N3O3/c1-31-23-11-9-20(10-12-23)25(30)28(22-7-3-2-4-8-22)19-24(29)27-17-13-21(14-18-27)26-15-5-6-16-26/h2-4,7-12,21H,5-6,13-19H2,1H3. The second-order valence-corrected chi connectivity index (χ2v) is 8.31. The van der Waals surface area contributed by atoms with Crippen LogP contribution >= 0.6 is 0 Å². The summed E-state index contributed by atoms with van der Waals surface area (Å²) in [6, 6.07) is 17.0. The maximum absolute atomic E-state index is 13.3. The van der Waals surface area contributed by atoms with Crippen LogP contribution in [0.4, 0.5) is 5.69 Å². The fourth-order valence-corrected chi connectivity index (χ4v) is 4.60. The van der Waals surface area contributed by atoms with E-state index in [9.17, 15) is 9.59 Å². The fourth-order valence-electron chi connectivity index (χ4n) is 4.60. The molecule has 0 radical (unpaired) electrons. The van der Waals surface area contributed by atoms with E-state index >= 15 is 0 Å². The number of carbonyl (C=O) groups is 2. The molecular weight excluding hydrogens is 390 g/mol. The fraction of sp³-hybridized carbons (Fsp3) is 0.440. The maximum Gasteiger partial charge on any atom is 0.258 e. The van der Waals surface area contributed by atoms with E-state index in [4.69, 9.17) is 4.74 Å². The smallest absolute Gasteiger partial charge is 0.258 e. The first kappa shape index (κ1) is 21.4. The Morgan fingerprint density at radius 3 is 2.19 bits per heavy atom. The van der Waals surface area contributed by atoms with Crippen LogP contribution in [0.1, 0.15) is 36.0 Å². The lowest BCUT2D eigenvalue weighted by atomic mass is 10.0. The number of piperidine rings is 1. The Kier molecular flexibility index (Phi) is 6.87. The third-order valence-electron chi connectivity index (χ3n) is 6.42. The summed E-state index contributed by atoms with van der Waals surface area (Å²) in [5.41, 5.74) is 1.26. The van der Waals surface area contributed by atoms with Gasteiger partial charge in [0.1, 0.15) is 12.3 Å². The highest BCUT2D eigenvalue weighted by Crippen LogP contribution is 2.23. The molecule has 2 aromatic rings. The molecule has 2 fully saturated rings. The van der Waals surface area contributed by atoms with E-state index in [2.05, 4.69) is 4.90 Å². The van der Waals surface area contributed by atoms with E-state index in [0.717, 1.165) is 31.6 Å². The lowest BCUT2D eigenvalue weighted by Crippen LogP contribution is -2.49. The minimum Gasteiger partial charge on any atom is -0.497 e. The maximum atomic E-state index is 13.3. The number of hydrogen-bond acceptors (Lipinski definition) is 4. The molecule has 4 rings (SSSR count). The zero-order chi connectivity index (χ0) is 21.6. The zero-order valence-corrected chi connectivity index (χ0v) is 18.2. The molecule has 0 aliphatic carbocycles.